The molecular weight excluding hydrogens is 412 g/mol. The van der Waals surface area contributed by atoms with Crippen LogP contribution in [0.3, 0.4) is 0 Å². The molecule has 0 bridgehead atoms. The van der Waals surface area contributed by atoms with Gasteiger partial charge in [-0.3, -0.25) is 14.6 Å². The first-order valence-corrected chi connectivity index (χ1v) is 12.5. The largest absolute Gasteiger partial charge is 0.490 e. The molecule has 2 saturated heterocycles. The SMILES string of the molecule is Cc1ccc(CN2CCC(Oc3ccc(C(=O)CCCCN4CCOCC4)cc3)CC2)cc1. The van der Waals surface area contributed by atoms with Crippen LogP contribution in [-0.4, -0.2) is 67.6 Å². The maximum Gasteiger partial charge on any atom is 0.162 e. The number of rotatable bonds is 10. The summed E-state index contributed by atoms with van der Waals surface area (Å²) in [5.74, 6) is 1.10. The Balaban J connectivity index is 1.14. The second-order valence-corrected chi connectivity index (χ2v) is 9.44. The predicted octanol–water partition coefficient (Wildman–Crippen LogP) is 4.72. The summed E-state index contributed by atoms with van der Waals surface area (Å²) in [7, 11) is 0. The minimum atomic E-state index is 0.230. The van der Waals surface area contributed by atoms with E-state index < -0.39 is 0 Å². The van der Waals surface area contributed by atoms with Gasteiger partial charge in [-0.15, -0.1) is 0 Å². The van der Waals surface area contributed by atoms with Gasteiger partial charge in [-0.2, -0.15) is 0 Å². The molecule has 178 valence electrons. The number of likely N-dealkylation sites (tertiary alicyclic amines) is 1. The van der Waals surface area contributed by atoms with Crippen LogP contribution in [0.25, 0.3) is 0 Å². The lowest BCUT2D eigenvalue weighted by molar-refractivity contribution is 0.0371. The van der Waals surface area contributed by atoms with Crippen molar-refractivity contribution in [2.75, 3.05) is 45.9 Å². The first kappa shape index (κ1) is 23.9. The Morgan fingerprint density at radius 3 is 2.30 bits per heavy atom. The molecule has 0 spiro atoms. The molecule has 2 aliphatic heterocycles. The van der Waals surface area contributed by atoms with Gasteiger partial charge in [0.1, 0.15) is 11.9 Å². The number of aryl methyl sites for hydroxylation is 1. The highest BCUT2D eigenvalue weighted by atomic mass is 16.5. The van der Waals surface area contributed by atoms with Gasteiger partial charge in [-0.1, -0.05) is 29.8 Å². The fraction of sp³-hybridized carbons (Fsp3) is 0.536. The summed E-state index contributed by atoms with van der Waals surface area (Å²) in [4.78, 5) is 17.5. The van der Waals surface area contributed by atoms with E-state index in [1.54, 1.807) is 0 Å². The van der Waals surface area contributed by atoms with Crippen molar-refractivity contribution >= 4 is 5.78 Å². The molecule has 5 heteroatoms. The highest BCUT2D eigenvalue weighted by molar-refractivity contribution is 5.96. The molecule has 0 aromatic heterocycles. The summed E-state index contributed by atoms with van der Waals surface area (Å²) in [6.45, 7) is 10.0. The first-order chi connectivity index (χ1) is 16.2. The minimum absolute atomic E-state index is 0.230. The van der Waals surface area contributed by atoms with Crippen LogP contribution in [0.5, 0.6) is 5.75 Å². The maximum atomic E-state index is 12.5. The molecular formula is C28H38N2O3. The highest BCUT2D eigenvalue weighted by Gasteiger charge is 2.21. The van der Waals surface area contributed by atoms with E-state index in [1.165, 1.54) is 11.1 Å². The molecule has 2 aliphatic rings. The van der Waals surface area contributed by atoms with Gasteiger partial charge in [-0.25, -0.2) is 0 Å². The van der Waals surface area contributed by atoms with E-state index in [0.717, 1.165) is 89.5 Å². The van der Waals surface area contributed by atoms with E-state index in [9.17, 15) is 4.79 Å². The van der Waals surface area contributed by atoms with Crippen LogP contribution in [0.2, 0.25) is 0 Å². The topological polar surface area (TPSA) is 42.0 Å². The third-order valence-electron chi connectivity index (χ3n) is 6.77. The maximum absolute atomic E-state index is 12.5. The number of nitrogens with zero attached hydrogens (tertiary/aromatic N) is 2. The van der Waals surface area contributed by atoms with Crippen LogP contribution in [0.1, 0.15) is 53.6 Å². The van der Waals surface area contributed by atoms with Crippen molar-refractivity contribution in [1.29, 1.82) is 0 Å². The molecule has 4 rings (SSSR count). The summed E-state index contributed by atoms with van der Waals surface area (Å²) >= 11 is 0. The highest BCUT2D eigenvalue weighted by Crippen LogP contribution is 2.21. The summed E-state index contributed by atoms with van der Waals surface area (Å²) in [6, 6.07) is 16.6. The van der Waals surface area contributed by atoms with Crippen molar-refractivity contribution < 1.29 is 14.3 Å². The molecule has 2 heterocycles. The van der Waals surface area contributed by atoms with Gasteiger partial charge in [-0.05, 0) is 69.0 Å². The van der Waals surface area contributed by atoms with Crippen LogP contribution < -0.4 is 4.74 Å². The molecule has 0 N–H and O–H groups in total. The first-order valence-electron chi connectivity index (χ1n) is 12.5. The molecule has 0 radical (unpaired) electrons. The number of unbranched alkanes of at least 4 members (excludes halogenated alkanes) is 1. The number of hydrogen-bond acceptors (Lipinski definition) is 5. The lowest BCUT2D eigenvalue weighted by Gasteiger charge is -2.32. The minimum Gasteiger partial charge on any atom is -0.490 e. The van der Waals surface area contributed by atoms with Crippen LogP contribution >= 0.6 is 0 Å². The second-order valence-electron chi connectivity index (χ2n) is 9.44. The summed E-state index contributed by atoms with van der Waals surface area (Å²) in [5.41, 5.74) is 3.48. The van der Waals surface area contributed by atoms with E-state index >= 15 is 0 Å². The van der Waals surface area contributed by atoms with E-state index in [2.05, 4.69) is 41.0 Å². The van der Waals surface area contributed by atoms with Crippen molar-refractivity contribution in [2.24, 2.45) is 0 Å². The van der Waals surface area contributed by atoms with Crippen molar-refractivity contribution in [3.8, 4) is 5.75 Å². The third kappa shape index (κ3) is 7.66. The van der Waals surface area contributed by atoms with E-state index in [1.807, 2.05) is 24.3 Å². The second kappa shape index (κ2) is 12.3. The Morgan fingerprint density at radius 1 is 0.909 bits per heavy atom. The molecule has 0 aliphatic carbocycles. The monoisotopic (exact) mass is 450 g/mol. The Hall–Kier alpha value is -2.21. The van der Waals surface area contributed by atoms with Gasteiger partial charge in [0.05, 0.1) is 13.2 Å². The average molecular weight is 451 g/mol. The number of piperidine rings is 1. The number of hydrogen-bond donors (Lipinski definition) is 0. The summed E-state index contributed by atoms with van der Waals surface area (Å²) in [6.07, 6.45) is 4.95. The average Bonchev–Trinajstić information content (AvgIpc) is 2.85. The molecule has 0 unspecified atom stereocenters. The zero-order valence-corrected chi connectivity index (χ0v) is 20.0. The van der Waals surface area contributed by atoms with E-state index in [-0.39, 0.29) is 11.9 Å². The number of ketones is 1. The Labute approximate surface area is 198 Å². The van der Waals surface area contributed by atoms with Gasteiger partial charge in [0.2, 0.25) is 0 Å². The van der Waals surface area contributed by atoms with Crippen LogP contribution in [0, 0.1) is 6.92 Å². The number of benzene rings is 2. The van der Waals surface area contributed by atoms with Gasteiger partial charge < -0.3 is 9.47 Å². The molecule has 33 heavy (non-hydrogen) atoms. The Bertz CT molecular complexity index is 852. The predicted molar refractivity (Wildman–Crippen MR) is 132 cm³/mol. The normalized spacial score (nSPS) is 18.3. The van der Waals surface area contributed by atoms with Gasteiger partial charge in [0.25, 0.3) is 0 Å². The van der Waals surface area contributed by atoms with E-state index in [0.29, 0.717) is 6.42 Å². The molecule has 2 aromatic carbocycles. The van der Waals surface area contributed by atoms with Crippen molar-refractivity contribution in [2.45, 2.75) is 51.7 Å². The lowest BCUT2D eigenvalue weighted by atomic mass is 10.0. The quantitative estimate of drug-likeness (QED) is 0.387. The zero-order chi connectivity index (χ0) is 22.9. The molecule has 5 nitrogen and oxygen atoms in total. The molecule has 2 fully saturated rings. The van der Waals surface area contributed by atoms with Crippen LogP contribution in [0.4, 0.5) is 0 Å². The van der Waals surface area contributed by atoms with Crippen molar-refractivity contribution in [3.05, 3.63) is 65.2 Å². The Kier molecular flexibility index (Phi) is 8.93. The fourth-order valence-electron chi connectivity index (χ4n) is 4.64. The van der Waals surface area contributed by atoms with Gasteiger partial charge in [0, 0.05) is 44.7 Å². The number of morpholine rings is 1. The third-order valence-corrected chi connectivity index (χ3v) is 6.77. The fourth-order valence-corrected chi connectivity index (χ4v) is 4.64. The van der Waals surface area contributed by atoms with E-state index in [4.69, 9.17) is 9.47 Å². The number of carbonyl (C=O) groups excluding carboxylic acids is 1. The number of Topliss-reactive ketones (excluding diaryl/α,β-unsaturated/α-hetero) is 1. The number of carbonyl (C=O) groups is 1. The molecule has 0 atom stereocenters. The molecule has 0 saturated carbocycles. The van der Waals surface area contributed by atoms with Crippen molar-refractivity contribution in [3.63, 3.8) is 0 Å². The molecule has 2 aromatic rings. The summed E-state index contributed by atoms with van der Waals surface area (Å²) < 4.78 is 11.6. The van der Waals surface area contributed by atoms with Gasteiger partial charge >= 0.3 is 0 Å². The van der Waals surface area contributed by atoms with Crippen molar-refractivity contribution in [1.82, 2.24) is 9.80 Å². The summed E-state index contributed by atoms with van der Waals surface area (Å²) in [5, 5.41) is 0. The van der Waals surface area contributed by atoms with Crippen LogP contribution in [-0.2, 0) is 11.3 Å². The van der Waals surface area contributed by atoms with Crippen LogP contribution in [0.15, 0.2) is 48.5 Å². The Morgan fingerprint density at radius 2 is 1.61 bits per heavy atom. The smallest absolute Gasteiger partial charge is 0.162 e. The number of ether oxygens (including phenoxy) is 2. The molecule has 0 amide bonds. The zero-order valence-electron chi connectivity index (χ0n) is 20.0. The standard InChI is InChI=1S/C28H38N2O3/c1-23-5-7-24(8-6-23)22-30-16-13-27(14-17-30)33-26-11-9-25(10-12-26)28(31)4-2-3-15-29-18-20-32-21-19-29/h5-12,27H,2-4,13-22H2,1H3. The van der Waals surface area contributed by atoms with Gasteiger partial charge in [0.15, 0.2) is 5.78 Å². The lowest BCUT2D eigenvalue weighted by Crippen LogP contribution is -2.37.